The van der Waals surface area contributed by atoms with Crippen molar-refractivity contribution in [3.05, 3.63) is 84.8 Å². The second-order valence-corrected chi connectivity index (χ2v) is 6.87. The minimum Gasteiger partial charge on any atom is -0.496 e. The summed E-state index contributed by atoms with van der Waals surface area (Å²) in [7, 11) is 1.69. The number of aromatic nitrogens is 3. The maximum Gasteiger partial charge on any atom is 0.178 e. The zero-order valence-electron chi connectivity index (χ0n) is 20.5. The zero-order chi connectivity index (χ0) is 24.1. The van der Waals surface area contributed by atoms with Crippen LogP contribution in [0.2, 0.25) is 0 Å². The first-order valence-corrected chi connectivity index (χ1v) is 11.0. The number of H-pyrrole nitrogens is 1. The molecule has 0 fully saturated rings. The van der Waals surface area contributed by atoms with E-state index in [0.29, 0.717) is 5.65 Å². The molecule has 1 aliphatic rings. The summed E-state index contributed by atoms with van der Waals surface area (Å²) in [4.78, 5) is 12.6. The van der Waals surface area contributed by atoms with Gasteiger partial charge in [0.2, 0.25) is 0 Å². The fraction of sp³-hybridized carbons (Fsp3) is 0.333. The molecule has 0 spiro atoms. The lowest BCUT2D eigenvalue weighted by Crippen LogP contribution is -2.00. The van der Waals surface area contributed by atoms with Crippen molar-refractivity contribution in [1.29, 1.82) is 0 Å². The largest absolute Gasteiger partial charge is 0.496 e. The molecule has 5 nitrogen and oxygen atoms in total. The van der Waals surface area contributed by atoms with Gasteiger partial charge in [-0.1, -0.05) is 38.2 Å². The van der Waals surface area contributed by atoms with E-state index in [2.05, 4.69) is 52.4 Å². The first kappa shape index (κ1) is 26.7. The second kappa shape index (κ2) is 13.9. The van der Waals surface area contributed by atoms with Crippen LogP contribution in [-0.2, 0) is 9.47 Å². The number of fused-ring (bicyclic) bond motifs is 1. The molecule has 1 aliphatic carbocycles. The Balaban J connectivity index is 0.00000121. The van der Waals surface area contributed by atoms with Gasteiger partial charge in [0.1, 0.15) is 11.6 Å². The van der Waals surface area contributed by atoms with Crippen molar-refractivity contribution >= 4 is 22.3 Å². The smallest absolute Gasteiger partial charge is 0.178 e. The highest BCUT2D eigenvalue weighted by Gasteiger charge is 2.12. The highest BCUT2D eigenvalue weighted by atomic mass is 16.5. The summed E-state index contributed by atoms with van der Waals surface area (Å²) in [6, 6.07) is 2.06. The van der Waals surface area contributed by atoms with E-state index >= 15 is 0 Å². The Kier molecular flexibility index (Phi) is 11.6. The van der Waals surface area contributed by atoms with Crippen molar-refractivity contribution in [3.8, 4) is 0 Å². The van der Waals surface area contributed by atoms with Crippen molar-refractivity contribution in [1.82, 2.24) is 15.0 Å². The maximum absolute atomic E-state index is 5.74. The van der Waals surface area contributed by atoms with E-state index in [4.69, 9.17) is 9.47 Å². The van der Waals surface area contributed by atoms with Gasteiger partial charge in [-0.05, 0) is 52.3 Å². The molecule has 32 heavy (non-hydrogen) atoms. The molecule has 0 aliphatic heterocycles. The molecular weight excluding hydrogens is 398 g/mol. The van der Waals surface area contributed by atoms with Gasteiger partial charge in [-0.2, -0.15) is 0 Å². The number of nitrogens with zero attached hydrogens (tertiary/aromatic N) is 2. The Bertz CT molecular complexity index is 1020. The molecule has 2 heterocycles. The lowest BCUT2D eigenvalue weighted by molar-refractivity contribution is 0.149. The second-order valence-electron chi connectivity index (χ2n) is 6.87. The number of hydrogen-bond acceptors (Lipinski definition) is 4. The summed E-state index contributed by atoms with van der Waals surface area (Å²) in [5.74, 6) is 2.45. The van der Waals surface area contributed by atoms with Crippen molar-refractivity contribution in [2.24, 2.45) is 0 Å². The summed E-state index contributed by atoms with van der Waals surface area (Å²) in [6.07, 6.45) is 15.1. The minimum absolute atomic E-state index is 0.138. The normalized spacial score (nSPS) is 13.9. The first-order chi connectivity index (χ1) is 15.5. The van der Waals surface area contributed by atoms with Crippen molar-refractivity contribution < 1.29 is 9.47 Å². The number of ether oxygens (including phenoxy) is 2. The summed E-state index contributed by atoms with van der Waals surface area (Å²) < 4.78 is 11.3. The van der Waals surface area contributed by atoms with Gasteiger partial charge >= 0.3 is 0 Å². The Morgan fingerprint density at radius 3 is 2.50 bits per heavy atom. The fourth-order valence-electron chi connectivity index (χ4n) is 3.13. The number of allylic oxidation sites excluding steroid dienone is 9. The monoisotopic (exact) mass is 435 g/mol. The van der Waals surface area contributed by atoms with Gasteiger partial charge in [-0.3, -0.25) is 0 Å². The topological polar surface area (TPSA) is 60.0 Å². The van der Waals surface area contributed by atoms with Gasteiger partial charge in [0, 0.05) is 22.9 Å². The van der Waals surface area contributed by atoms with Crippen molar-refractivity contribution in [3.63, 3.8) is 0 Å². The summed E-state index contributed by atoms with van der Waals surface area (Å²) in [6.45, 7) is 18.0. The molecule has 3 rings (SSSR count). The summed E-state index contributed by atoms with van der Waals surface area (Å²) >= 11 is 0. The Labute approximate surface area is 193 Å². The molecule has 0 atom stereocenters. The van der Waals surface area contributed by atoms with Gasteiger partial charge < -0.3 is 14.5 Å². The molecule has 2 aromatic heterocycles. The highest BCUT2D eigenvalue weighted by molar-refractivity contribution is 5.84. The molecule has 0 unspecified atom stereocenters. The molecule has 0 saturated heterocycles. The number of pyridine rings is 1. The molecule has 5 heteroatoms. The third-order valence-corrected chi connectivity index (χ3v) is 4.32. The molecule has 0 saturated carbocycles. The van der Waals surface area contributed by atoms with Gasteiger partial charge in [-0.15, -0.1) is 13.2 Å². The molecule has 0 radical (unpaired) electrons. The van der Waals surface area contributed by atoms with Crippen LogP contribution in [0.1, 0.15) is 59.4 Å². The van der Waals surface area contributed by atoms with E-state index in [0.717, 1.165) is 46.0 Å². The minimum atomic E-state index is 0.138. The van der Waals surface area contributed by atoms with Gasteiger partial charge in [0.05, 0.1) is 24.5 Å². The predicted molar refractivity (Wildman–Crippen MR) is 137 cm³/mol. The summed E-state index contributed by atoms with van der Waals surface area (Å²) in [5.41, 5.74) is 4.52. The van der Waals surface area contributed by atoms with Crippen LogP contribution in [0, 0.1) is 0 Å². The molecule has 1 N–H and O–H groups in total. The van der Waals surface area contributed by atoms with Crippen LogP contribution >= 0.6 is 0 Å². The van der Waals surface area contributed by atoms with Crippen LogP contribution < -0.4 is 0 Å². The number of nitrogens with one attached hydrogen (secondary N) is 1. The van der Waals surface area contributed by atoms with E-state index in [1.165, 1.54) is 0 Å². The van der Waals surface area contributed by atoms with E-state index in [1.54, 1.807) is 7.11 Å². The number of aromatic amines is 1. The van der Waals surface area contributed by atoms with Gasteiger partial charge in [0.15, 0.2) is 5.65 Å². The number of hydrogen-bond donors (Lipinski definition) is 1. The lowest BCUT2D eigenvalue weighted by Gasteiger charge is -2.10. The van der Waals surface area contributed by atoms with Crippen LogP contribution in [0.25, 0.3) is 22.3 Å². The van der Waals surface area contributed by atoms with Crippen molar-refractivity contribution in [2.75, 3.05) is 7.11 Å². The highest BCUT2D eigenvalue weighted by Crippen LogP contribution is 2.26. The molecule has 0 aromatic carbocycles. The van der Waals surface area contributed by atoms with E-state index in [9.17, 15) is 0 Å². The fourth-order valence-corrected chi connectivity index (χ4v) is 3.13. The van der Waals surface area contributed by atoms with Crippen LogP contribution in [0.15, 0.2) is 73.4 Å². The van der Waals surface area contributed by atoms with E-state index in [1.807, 2.05) is 66.0 Å². The predicted octanol–water partition coefficient (Wildman–Crippen LogP) is 7.39. The van der Waals surface area contributed by atoms with E-state index in [-0.39, 0.29) is 6.10 Å². The summed E-state index contributed by atoms with van der Waals surface area (Å²) in [5, 5.41) is 0. The average Bonchev–Trinajstić information content (AvgIpc) is 3.08. The quantitative estimate of drug-likeness (QED) is 0.292. The Hall–Kier alpha value is -3.34. The molecule has 172 valence electrons. The molecular formula is C27H37N3O2. The van der Waals surface area contributed by atoms with Crippen LogP contribution in [0.5, 0.6) is 0 Å². The zero-order valence-corrected chi connectivity index (χ0v) is 20.5. The first-order valence-electron chi connectivity index (χ1n) is 11.0. The third-order valence-electron chi connectivity index (χ3n) is 4.32. The Morgan fingerprint density at radius 2 is 1.88 bits per heavy atom. The molecule has 0 amide bonds. The van der Waals surface area contributed by atoms with Crippen LogP contribution in [0.4, 0.5) is 0 Å². The third kappa shape index (κ3) is 7.12. The molecule has 2 aromatic rings. The van der Waals surface area contributed by atoms with E-state index < -0.39 is 0 Å². The standard InChI is InChI=1S/C23H27N3O2.C2H6.C2H4/c1-6-17(12-16(4)28-15(2)3)22-25-20-13-18(14-24-23(20)26-22)19-10-8-7-9-11-21(19)27-5;2*1-2/h6,8-15H,7H2,1-5H3,(H,24,25,26);1-2H3;1-2H2/b16-12+,17-6+;;. The lowest BCUT2D eigenvalue weighted by atomic mass is 10.1. The van der Waals surface area contributed by atoms with Crippen LogP contribution in [0.3, 0.4) is 0 Å². The van der Waals surface area contributed by atoms with Gasteiger partial charge in [-0.25, -0.2) is 9.97 Å². The molecule has 0 bridgehead atoms. The number of rotatable bonds is 6. The Morgan fingerprint density at radius 1 is 1.19 bits per heavy atom. The number of methoxy groups -OCH3 is 1. The van der Waals surface area contributed by atoms with Gasteiger partial charge in [0.25, 0.3) is 0 Å². The maximum atomic E-state index is 5.74. The number of imidazole rings is 1. The van der Waals surface area contributed by atoms with Crippen LogP contribution in [-0.4, -0.2) is 28.2 Å². The van der Waals surface area contributed by atoms with Crippen molar-refractivity contribution in [2.45, 2.75) is 54.1 Å². The average molecular weight is 436 g/mol. The SMILES string of the molecule is C/C=C(\C=C(/C)OC(C)C)c1nc2ncc(C3=C(OC)C=CCC=C3)cc2[nH]1.C=C.CC.